The van der Waals surface area contributed by atoms with Crippen LogP contribution in [0, 0.1) is 6.92 Å². The smallest absolute Gasteiger partial charge is 0.263 e. The number of benzene rings is 1. The van der Waals surface area contributed by atoms with E-state index in [9.17, 15) is 4.79 Å². The fraction of sp³-hybridized carbons (Fsp3) is 0.412. The lowest BCUT2D eigenvalue weighted by Crippen LogP contribution is -2.52. The highest BCUT2D eigenvalue weighted by Crippen LogP contribution is 2.24. The summed E-state index contributed by atoms with van der Waals surface area (Å²) in [6, 6.07) is 5.41. The highest BCUT2D eigenvalue weighted by Gasteiger charge is 2.27. The van der Waals surface area contributed by atoms with Gasteiger partial charge in [0, 0.05) is 42.8 Å². The van der Waals surface area contributed by atoms with E-state index in [4.69, 9.17) is 16.3 Å². The van der Waals surface area contributed by atoms with E-state index in [1.54, 1.807) is 24.3 Å². The van der Waals surface area contributed by atoms with Gasteiger partial charge in [0.05, 0.1) is 0 Å². The summed E-state index contributed by atoms with van der Waals surface area (Å²) < 4.78 is 5.84. The molecule has 1 atom stereocenters. The number of aromatic nitrogens is 1. The zero-order chi connectivity index (χ0) is 17.1. The fourth-order valence-electron chi connectivity index (χ4n) is 2.73. The zero-order valence-corrected chi connectivity index (χ0v) is 15.3. The van der Waals surface area contributed by atoms with Gasteiger partial charge >= 0.3 is 0 Å². The second-order valence-electron chi connectivity index (χ2n) is 5.80. The molecule has 1 aliphatic heterocycles. The number of thiazole rings is 1. The van der Waals surface area contributed by atoms with Crippen LogP contribution in [0.25, 0.3) is 0 Å². The van der Waals surface area contributed by atoms with Gasteiger partial charge in [-0.3, -0.25) is 4.79 Å². The first-order valence-electron chi connectivity index (χ1n) is 7.90. The monoisotopic (exact) mass is 365 g/mol. The highest BCUT2D eigenvalue weighted by molar-refractivity contribution is 7.13. The number of halogens is 1. The van der Waals surface area contributed by atoms with Gasteiger partial charge in [-0.1, -0.05) is 11.6 Å². The fourth-order valence-corrected chi connectivity index (χ4v) is 3.66. The van der Waals surface area contributed by atoms with Gasteiger partial charge in [0.25, 0.3) is 5.91 Å². The summed E-state index contributed by atoms with van der Waals surface area (Å²) in [7, 11) is 0. The summed E-state index contributed by atoms with van der Waals surface area (Å²) in [6.07, 6.45) is 1.29. The van der Waals surface area contributed by atoms with Crippen LogP contribution in [0.3, 0.4) is 0 Å². The molecule has 0 spiro atoms. The molecule has 5 nitrogen and oxygen atoms in total. The van der Waals surface area contributed by atoms with E-state index in [2.05, 4.69) is 9.88 Å². The molecule has 3 rings (SSSR count). The SMILES string of the molecule is Cc1cc(Cl)ccc1OC(C)C(=O)N1CCN(c2nccs2)CC1. The highest BCUT2D eigenvalue weighted by atomic mass is 35.5. The molecule has 0 aliphatic carbocycles. The topological polar surface area (TPSA) is 45.7 Å². The molecule has 1 fully saturated rings. The first-order chi connectivity index (χ1) is 11.5. The van der Waals surface area contributed by atoms with E-state index < -0.39 is 6.10 Å². The van der Waals surface area contributed by atoms with Crippen molar-refractivity contribution < 1.29 is 9.53 Å². The van der Waals surface area contributed by atoms with E-state index in [1.165, 1.54) is 0 Å². The number of nitrogens with zero attached hydrogens (tertiary/aromatic N) is 3. The number of hydrogen-bond acceptors (Lipinski definition) is 5. The Morgan fingerprint density at radius 1 is 1.33 bits per heavy atom. The number of anilines is 1. The number of piperazine rings is 1. The first-order valence-corrected chi connectivity index (χ1v) is 9.16. The minimum Gasteiger partial charge on any atom is -0.481 e. The van der Waals surface area contributed by atoms with Crippen molar-refractivity contribution in [2.75, 3.05) is 31.1 Å². The quantitative estimate of drug-likeness (QED) is 0.834. The summed E-state index contributed by atoms with van der Waals surface area (Å²) in [5, 5.41) is 3.65. The molecule has 0 saturated carbocycles. The van der Waals surface area contributed by atoms with E-state index in [0.717, 1.165) is 23.8 Å². The van der Waals surface area contributed by atoms with E-state index >= 15 is 0 Å². The van der Waals surface area contributed by atoms with Gasteiger partial charge in [-0.15, -0.1) is 11.3 Å². The molecule has 1 aromatic carbocycles. The molecule has 1 aromatic heterocycles. The number of ether oxygens (including phenoxy) is 1. The molecule has 1 saturated heterocycles. The maximum absolute atomic E-state index is 12.6. The Balaban J connectivity index is 1.56. The maximum Gasteiger partial charge on any atom is 0.263 e. The summed E-state index contributed by atoms with van der Waals surface area (Å²) in [4.78, 5) is 21.0. The molecule has 128 valence electrons. The summed E-state index contributed by atoms with van der Waals surface area (Å²) in [5.41, 5.74) is 0.927. The van der Waals surface area contributed by atoms with Gasteiger partial charge in [0.1, 0.15) is 5.75 Å². The van der Waals surface area contributed by atoms with Crippen molar-refractivity contribution in [1.29, 1.82) is 0 Å². The number of carbonyl (C=O) groups excluding carboxylic acids is 1. The second kappa shape index (κ2) is 7.40. The Bertz CT molecular complexity index is 700. The zero-order valence-electron chi connectivity index (χ0n) is 13.7. The first kappa shape index (κ1) is 17.0. The number of aryl methyl sites for hydroxylation is 1. The molecule has 0 bridgehead atoms. The Kier molecular flexibility index (Phi) is 5.26. The van der Waals surface area contributed by atoms with Crippen molar-refractivity contribution in [3.63, 3.8) is 0 Å². The van der Waals surface area contributed by atoms with Crippen LogP contribution in [0.4, 0.5) is 5.13 Å². The van der Waals surface area contributed by atoms with Crippen LogP contribution >= 0.6 is 22.9 Å². The third-order valence-corrected chi connectivity index (χ3v) is 5.14. The predicted molar refractivity (Wildman–Crippen MR) is 97.2 cm³/mol. The van der Waals surface area contributed by atoms with Crippen LogP contribution in [0.2, 0.25) is 5.02 Å². The minimum absolute atomic E-state index is 0.0168. The van der Waals surface area contributed by atoms with Crippen LogP contribution in [0.1, 0.15) is 12.5 Å². The van der Waals surface area contributed by atoms with Crippen molar-refractivity contribution in [3.05, 3.63) is 40.4 Å². The minimum atomic E-state index is -0.517. The Labute approximate surface area is 150 Å². The van der Waals surface area contributed by atoms with Crippen molar-refractivity contribution >= 4 is 34.0 Å². The largest absolute Gasteiger partial charge is 0.481 e. The van der Waals surface area contributed by atoms with E-state index in [1.807, 2.05) is 35.5 Å². The lowest BCUT2D eigenvalue weighted by atomic mass is 10.2. The molecule has 2 heterocycles. The summed E-state index contributed by atoms with van der Waals surface area (Å²) >= 11 is 7.58. The molecular formula is C17H20ClN3O2S. The van der Waals surface area contributed by atoms with Crippen LogP contribution in [-0.2, 0) is 4.79 Å². The number of carbonyl (C=O) groups is 1. The van der Waals surface area contributed by atoms with Crippen molar-refractivity contribution in [2.45, 2.75) is 20.0 Å². The summed E-state index contributed by atoms with van der Waals surface area (Å²) in [6.45, 7) is 6.68. The molecule has 1 aliphatic rings. The van der Waals surface area contributed by atoms with Gasteiger partial charge in [-0.05, 0) is 37.6 Å². The van der Waals surface area contributed by atoms with Crippen molar-refractivity contribution in [1.82, 2.24) is 9.88 Å². The van der Waals surface area contributed by atoms with Crippen molar-refractivity contribution in [3.8, 4) is 5.75 Å². The van der Waals surface area contributed by atoms with Crippen LogP contribution in [0.15, 0.2) is 29.8 Å². The molecule has 24 heavy (non-hydrogen) atoms. The molecule has 7 heteroatoms. The maximum atomic E-state index is 12.6. The lowest BCUT2D eigenvalue weighted by Gasteiger charge is -2.35. The van der Waals surface area contributed by atoms with Crippen LogP contribution in [0.5, 0.6) is 5.75 Å². The molecule has 0 radical (unpaired) electrons. The molecule has 1 unspecified atom stereocenters. The number of hydrogen-bond donors (Lipinski definition) is 0. The van der Waals surface area contributed by atoms with Crippen LogP contribution in [-0.4, -0.2) is 48.1 Å². The Morgan fingerprint density at radius 2 is 2.08 bits per heavy atom. The van der Waals surface area contributed by atoms with Gasteiger partial charge < -0.3 is 14.5 Å². The average molecular weight is 366 g/mol. The summed E-state index contributed by atoms with van der Waals surface area (Å²) in [5.74, 6) is 0.713. The standard InChI is InChI=1S/C17H20ClN3O2S/c1-12-11-14(18)3-4-15(12)23-13(2)16(22)20-6-8-21(9-7-20)17-19-5-10-24-17/h3-5,10-11,13H,6-9H2,1-2H3. The van der Waals surface area contributed by atoms with E-state index in [-0.39, 0.29) is 5.91 Å². The van der Waals surface area contributed by atoms with Crippen LogP contribution < -0.4 is 9.64 Å². The lowest BCUT2D eigenvalue weighted by molar-refractivity contribution is -0.138. The predicted octanol–water partition coefficient (Wildman–Crippen LogP) is 3.22. The number of amides is 1. The second-order valence-corrected chi connectivity index (χ2v) is 7.11. The average Bonchev–Trinajstić information content (AvgIpc) is 3.11. The molecule has 0 N–H and O–H groups in total. The molecular weight excluding hydrogens is 346 g/mol. The van der Waals surface area contributed by atoms with Gasteiger partial charge in [0.15, 0.2) is 11.2 Å². The number of rotatable bonds is 4. The third kappa shape index (κ3) is 3.82. The molecule has 2 aromatic rings. The molecule has 1 amide bonds. The van der Waals surface area contributed by atoms with Crippen molar-refractivity contribution in [2.24, 2.45) is 0 Å². The van der Waals surface area contributed by atoms with Gasteiger partial charge in [0.2, 0.25) is 0 Å². The Hall–Kier alpha value is -1.79. The normalized spacial score (nSPS) is 16.1. The van der Waals surface area contributed by atoms with E-state index in [0.29, 0.717) is 23.9 Å². The van der Waals surface area contributed by atoms with Gasteiger partial charge in [-0.25, -0.2) is 4.98 Å². The van der Waals surface area contributed by atoms with Gasteiger partial charge in [-0.2, -0.15) is 0 Å². The third-order valence-electron chi connectivity index (χ3n) is 4.07. The Morgan fingerprint density at radius 3 is 2.71 bits per heavy atom.